The lowest BCUT2D eigenvalue weighted by molar-refractivity contribution is 0.180. The Balaban J connectivity index is 1.79. The van der Waals surface area contributed by atoms with Gasteiger partial charge in [-0.1, -0.05) is 12.1 Å². The molecule has 0 spiro atoms. The molecule has 2 aromatic heterocycles. The molecule has 0 unspecified atom stereocenters. The lowest BCUT2D eigenvalue weighted by atomic mass is 10.2. The van der Waals surface area contributed by atoms with Crippen LogP contribution >= 0.6 is 0 Å². The van der Waals surface area contributed by atoms with E-state index in [1.807, 2.05) is 29.4 Å². The summed E-state index contributed by atoms with van der Waals surface area (Å²) in [4.78, 5) is 6.58. The Morgan fingerprint density at radius 3 is 2.64 bits per heavy atom. The van der Waals surface area contributed by atoms with Crippen molar-refractivity contribution in [2.75, 3.05) is 13.2 Å². The molecule has 0 saturated carbocycles. The van der Waals surface area contributed by atoms with Crippen LogP contribution in [-0.4, -0.2) is 42.5 Å². The van der Waals surface area contributed by atoms with Crippen LogP contribution in [0.4, 0.5) is 0 Å². The molecule has 0 fully saturated rings. The molecule has 0 amide bonds. The Hall–Kier alpha value is -2.44. The predicted molar refractivity (Wildman–Crippen MR) is 97.4 cm³/mol. The van der Waals surface area contributed by atoms with Gasteiger partial charge in [0.05, 0.1) is 24.5 Å². The van der Waals surface area contributed by atoms with Crippen molar-refractivity contribution >= 4 is 0 Å². The van der Waals surface area contributed by atoms with Crippen molar-refractivity contribution in [3.05, 3.63) is 65.5 Å². The third-order valence-corrected chi connectivity index (χ3v) is 4.27. The summed E-state index contributed by atoms with van der Waals surface area (Å²) in [5.41, 5.74) is 4.38. The van der Waals surface area contributed by atoms with Crippen LogP contribution < -0.4 is 0 Å². The SMILES string of the molecule is Cc1cc(C)n(-c2cccc(CN(CCO)Cc3nccn3C)c2)n1. The molecule has 6 heteroatoms. The van der Waals surface area contributed by atoms with Crippen LogP contribution in [0.2, 0.25) is 0 Å². The fraction of sp³-hybridized carbons (Fsp3) is 0.368. The van der Waals surface area contributed by atoms with Crippen molar-refractivity contribution in [2.24, 2.45) is 7.05 Å². The molecule has 0 saturated heterocycles. The van der Waals surface area contributed by atoms with Gasteiger partial charge in [0, 0.05) is 38.2 Å². The normalized spacial score (nSPS) is 11.4. The van der Waals surface area contributed by atoms with Gasteiger partial charge in [0.25, 0.3) is 0 Å². The number of nitrogens with zero attached hydrogens (tertiary/aromatic N) is 5. The highest BCUT2D eigenvalue weighted by molar-refractivity contribution is 5.37. The van der Waals surface area contributed by atoms with Crippen LogP contribution in [0.3, 0.4) is 0 Å². The van der Waals surface area contributed by atoms with Crippen molar-refractivity contribution in [3.8, 4) is 5.69 Å². The van der Waals surface area contributed by atoms with Crippen LogP contribution in [0, 0.1) is 13.8 Å². The molecule has 0 aliphatic carbocycles. The summed E-state index contributed by atoms with van der Waals surface area (Å²) in [5, 5.41) is 14.0. The molecule has 2 heterocycles. The number of hydrogen-bond acceptors (Lipinski definition) is 4. The van der Waals surface area contributed by atoms with Gasteiger partial charge in [-0.3, -0.25) is 4.90 Å². The second-order valence-electron chi connectivity index (χ2n) is 6.40. The van der Waals surface area contributed by atoms with Crippen LogP contribution in [0.1, 0.15) is 22.8 Å². The summed E-state index contributed by atoms with van der Waals surface area (Å²) in [6, 6.07) is 10.5. The van der Waals surface area contributed by atoms with Gasteiger partial charge in [0.2, 0.25) is 0 Å². The molecule has 0 bridgehead atoms. The van der Waals surface area contributed by atoms with Gasteiger partial charge in [-0.25, -0.2) is 9.67 Å². The molecule has 0 aliphatic rings. The lowest BCUT2D eigenvalue weighted by Crippen LogP contribution is -2.27. The number of aryl methyl sites for hydroxylation is 3. The number of rotatable bonds is 7. The Kier molecular flexibility index (Phi) is 5.31. The van der Waals surface area contributed by atoms with Crippen LogP contribution in [0.25, 0.3) is 5.69 Å². The predicted octanol–water partition coefficient (Wildman–Crippen LogP) is 2.22. The highest BCUT2D eigenvalue weighted by Crippen LogP contribution is 2.16. The molecule has 1 aromatic carbocycles. The fourth-order valence-corrected chi connectivity index (χ4v) is 3.04. The smallest absolute Gasteiger partial charge is 0.122 e. The zero-order valence-corrected chi connectivity index (χ0v) is 15.1. The Labute approximate surface area is 148 Å². The van der Waals surface area contributed by atoms with E-state index in [0.29, 0.717) is 13.1 Å². The number of hydrogen-bond donors (Lipinski definition) is 1. The highest BCUT2D eigenvalue weighted by Gasteiger charge is 2.11. The van der Waals surface area contributed by atoms with Gasteiger partial charge < -0.3 is 9.67 Å². The summed E-state index contributed by atoms with van der Waals surface area (Å²) < 4.78 is 3.98. The number of imidazole rings is 1. The zero-order chi connectivity index (χ0) is 17.8. The van der Waals surface area contributed by atoms with E-state index in [2.05, 4.69) is 52.2 Å². The first kappa shape index (κ1) is 17.4. The van der Waals surface area contributed by atoms with E-state index in [1.165, 1.54) is 5.56 Å². The first-order valence-electron chi connectivity index (χ1n) is 8.49. The molecule has 132 valence electrons. The maximum atomic E-state index is 9.40. The van der Waals surface area contributed by atoms with E-state index >= 15 is 0 Å². The average molecular weight is 339 g/mol. The van der Waals surface area contributed by atoms with Gasteiger partial charge in [-0.05, 0) is 37.6 Å². The van der Waals surface area contributed by atoms with Crippen molar-refractivity contribution in [2.45, 2.75) is 26.9 Å². The molecular weight excluding hydrogens is 314 g/mol. The van der Waals surface area contributed by atoms with Crippen molar-refractivity contribution in [1.29, 1.82) is 0 Å². The molecule has 6 nitrogen and oxygen atoms in total. The minimum Gasteiger partial charge on any atom is -0.395 e. The standard InChI is InChI=1S/C19H25N5O/c1-15-11-16(2)24(21-15)18-6-4-5-17(12-18)13-23(9-10-25)14-19-20-7-8-22(19)3/h4-8,11-12,25H,9-10,13-14H2,1-3H3. The van der Waals surface area contributed by atoms with Gasteiger partial charge >= 0.3 is 0 Å². The highest BCUT2D eigenvalue weighted by atomic mass is 16.3. The quantitative estimate of drug-likeness (QED) is 0.717. The van der Waals surface area contributed by atoms with Crippen molar-refractivity contribution in [3.63, 3.8) is 0 Å². The molecule has 3 aromatic rings. The first-order chi connectivity index (χ1) is 12.1. The summed E-state index contributed by atoms with van der Waals surface area (Å²) in [6.45, 7) is 6.25. The summed E-state index contributed by atoms with van der Waals surface area (Å²) >= 11 is 0. The summed E-state index contributed by atoms with van der Waals surface area (Å²) in [6.07, 6.45) is 3.74. The maximum absolute atomic E-state index is 9.40. The zero-order valence-electron chi connectivity index (χ0n) is 15.1. The Bertz CT molecular complexity index is 836. The van der Waals surface area contributed by atoms with Gasteiger partial charge in [0.1, 0.15) is 5.82 Å². The van der Waals surface area contributed by atoms with Gasteiger partial charge in [-0.2, -0.15) is 5.10 Å². The van der Waals surface area contributed by atoms with E-state index in [-0.39, 0.29) is 6.61 Å². The summed E-state index contributed by atoms with van der Waals surface area (Å²) in [7, 11) is 1.99. The van der Waals surface area contributed by atoms with Crippen molar-refractivity contribution in [1.82, 2.24) is 24.2 Å². The monoisotopic (exact) mass is 339 g/mol. The van der Waals surface area contributed by atoms with Gasteiger partial charge in [0.15, 0.2) is 0 Å². The Morgan fingerprint density at radius 1 is 1.16 bits per heavy atom. The molecule has 0 atom stereocenters. The topological polar surface area (TPSA) is 59.1 Å². The molecule has 1 N–H and O–H groups in total. The third kappa shape index (κ3) is 4.15. The second-order valence-corrected chi connectivity index (χ2v) is 6.40. The molecule has 0 aliphatic heterocycles. The Morgan fingerprint density at radius 2 is 2.00 bits per heavy atom. The number of aliphatic hydroxyl groups excluding tert-OH is 1. The third-order valence-electron chi connectivity index (χ3n) is 4.27. The van der Waals surface area contributed by atoms with Crippen LogP contribution in [0.15, 0.2) is 42.7 Å². The second kappa shape index (κ2) is 7.63. The van der Waals surface area contributed by atoms with Crippen LogP contribution in [0.5, 0.6) is 0 Å². The van der Waals surface area contributed by atoms with E-state index in [4.69, 9.17) is 0 Å². The number of aliphatic hydroxyl groups is 1. The van der Waals surface area contributed by atoms with Crippen LogP contribution in [-0.2, 0) is 20.1 Å². The van der Waals surface area contributed by atoms with Gasteiger partial charge in [-0.15, -0.1) is 0 Å². The van der Waals surface area contributed by atoms with E-state index in [9.17, 15) is 5.11 Å². The number of benzene rings is 1. The van der Waals surface area contributed by atoms with Crippen molar-refractivity contribution < 1.29 is 5.11 Å². The fourth-order valence-electron chi connectivity index (χ4n) is 3.04. The first-order valence-corrected chi connectivity index (χ1v) is 8.49. The molecule has 0 radical (unpaired) electrons. The largest absolute Gasteiger partial charge is 0.395 e. The minimum absolute atomic E-state index is 0.127. The molecular formula is C19H25N5O. The number of aromatic nitrogens is 4. The van der Waals surface area contributed by atoms with E-state index in [0.717, 1.165) is 29.4 Å². The maximum Gasteiger partial charge on any atom is 0.122 e. The van der Waals surface area contributed by atoms with E-state index < -0.39 is 0 Å². The minimum atomic E-state index is 0.127. The average Bonchev–Trinajstić information content (AvgIpc) is 3.13. The van der Waals surface area contributed by atoms with E-state index in [1.54, 1.807) is 6.20 Å². The molecule has 3 rings (SSSR count). The summed E-state index contributed by atoms with van der Waals surface area (Å²) in [5.74, 6) is 0.989. The lowest BCUT2D eigenvalue weighted by Gasteiger charge is -2.21. The molecule has 25 heavy (non-hydrogen) atoms.